The Morgan fingerprint density at radius 2 is 1.83 bits per heavy atom. The second-order valence-corrected chi connectivity index (χ2v) is 13.9. The average Bonchev–Trinajstić information content (AvgIpc) is 3.32. The number of allylic oxidation sites excluding steroid dienone is 1. The van der Waals surface area contributed by atoms with Crippen molar-refractivity contribution in [2.75, 3.05) is 13.7 Å². The lowest BCUT2D eigenvalue weighted by molar-refractivity contribution is -0.712. The third-order valence-corrected chi connectivity index (χ3v) is 9.34. The normalized spacial score (nSPS) is 16.8. The zero-order valence-electron chi connectivity index (χ0n) is 24.9. The minimum Gasteiger partial charge on any atom is -0.506 e. The molecule has 210 valence electrons. The molecule has 0 aliphatic carbocycles. The van der Waals surface area contributed by atoms with Crippen molar-refractivity contribution in [3.8, 4) is 22.4 Å². The number of rotatable bonds is 6. The van der Waals surface area contributed by atoms with Crippen molar-refractivity contribution < 1.29 is 14.4 Å². The van der Waals surface area contributed by atoms with Gasteiger partial charge < -0.3 is 9.84 Å². The van der Waals surface area contributed by atoms with Crippen molar-refractivity contribution in [1.29, 1.82) is 0 Å². The van der Waals surface area contributed by atoms with E-state index in [0.29, 0.717) is 12.5 Å². The van der Waals surface area contributed by atoms with Crippen LogP contribution in [0.15, 0.2) is 79.3 Å². The van der Waals surface area contributed by atoms with Crippen LogP contribution in [-0.2, 0) is 16.6 Å². The maximum atomic E-state index is 11.0. The largest absolute Gasteiger partial charge is 0.506 e. The SMILES string of the molecule is C=C(O)C1C(COC)c2c(cc(C(C)(C)C)c3ccccc23)-c2cc(-c3cnc4sc(CC(C)C)cc4c3)cc[n+]21. The molecule has 6 rings (SSSR count). The summed E-state index contributed by atoms with van der Waals surface area (Å²) in [7, 11) is 1.73. The maximum Gasteiger partial charge on any atom is 0.223 e. The van der Waals surface area contributed by atoms with Gasteiger partial charge in [-0.05, 0) is 63.4 Å². The first-order chi connectivity index (χ1) is 19.6. The smallest absolute Gasteiger partial charge is 0.223 e. The van der Waals surface area contributed by atoms with Crippen molar-refractivity contribution in [1.82, 2.24) is 4.98 Å². The van der Waals surface area contributed by atoms with E-state index < -0.39 is 0 Å². The minimum atomic E-state index is -0.341. The predicted octanol–water partition coefficient (Wildman–Crippen LogP) is 8.92. The van der Waals surface area contributed by atoms with Crippen LogP contribution in [0, 0.1) is 5.92 Å². The highest BCUT2D eigenvalue weighted by Crippen LogP contribution is 2.47. The van der Waals surface area contributed by atoms with Crippen LogP contribution in [0.25, 0.3) is 43.4 Å². The minimum absolute atomic E-state index is 0.0488. The second-order valence-electron chi connectivity index (χ2n) is 12.8. The molecule has 1 aliphatic rings. The molecule has 0 bridgehead atoms. The number of ether oxygens (including phenoxy) is 1. The summed E-state index contributed by atoms with van der Waals surface area (Å²) in [5.41, 5.74) is 6.90. The summed E-state index contributed by atoms with van der Waals surface area (Å²) in [6, 6.07) is 19.6. The zero-order chi connectivity index (χ0) is 29.1. The Morgan fingerprint density at radius 3 is 2.51 bits per heavy atom. The molecule has 5 heteroatoms. The molecule has 2 atom stereocenters. The van der Waals surface area contributed by atoms with Gasteiger partial charge >= 0.3 is 0 Å². The molecule has 2 unspecified atom stereocenters. The molecule has 3 aromatic heterocycles. The number of hydrogen-bond donors (Lipinski definition) is 1. The van der Waals surface area contributed by atoms with Crippen LogP contribution in [0.4, 0.5) is 0 Å². The number of fused-ring (bicyclic) bond motifs is 6. The highest BCUT2D eigenvalue weighted by molar-refractivity contribution is 7.18. The zero-order valence-corrected chi connectivity index (χ0v) is 25.7. The molecule has 4 nitrogen and oxygen atoms in total. The number of pyridine rings is 2. The molecule has 0 amide bonds. The van der Waals surface area contributed by atoms with Gasteiger partial charge in [-0.25, -0.2) is 4.98 Å². The average molecular weight is 564 g/mol. The van der Waals surface area contributed by atoms with Crippen molar-refractivity contribution >= 4 is 32.3 Å². The van der Waals surface area contributed by atoms with Crippen LogP contribution < -0.4 is 4.57 Å². The number of aromatic nitrogens is 2. The summed E-state index contributed by atoms with van der Waals surface area (Å²) in [6.07, 6.45) is 5.16. The molecule has 2 aromatic carbocycles. The van der Waals surface area contributed by atoms with Crippen molar-refractivity contribution in [2.24, 2.45) is 5.92 Å². The summed E-state index contributed by atoms with van der Waals surface area (Å²) in [6.45, 7) is 15.8. The Morgan fingerprint density at radius 1 is 1.07 bits per heavy atom. The third-order valence-electron chi connectivity index (χ3n) is 8.26. The number of thiophene rings is 1. The highest BCUT2D eigenvalue weighted by atomic mass is 32.1. The van der Waals surface area contributed by atoms with Gasteiger partial charge in [-0.1, -0.05) is 65.5 Å². The van der Waals surface area contributed by atoms with E-state index in [1.807, 2.05) is 6.20 Å². The lowest BCUT2D eigenvalue weighted by atomic mass is 9.75. The first kappa shape index (κ1) is 27.6. The molecular weight excluding hydrogens is 524 g/mol. The molecule has 0 fully saturated rings. The van der Waals surface area contributed by atoms with Crippen molar-refractivity contribution in [3.63, 3.8) is 0 Å². The van der Waals surface area contributed by atoms with Gasteiger partial charge in [-0.2, -0.15) is 4.57 Å². The fourth-order valence-electron chi connectivity index (χ4n) is 6.52. The number of nitrogens with zero attached hydrogens (tertiary/aromatic N) is 2. The molecule has 1 aliphatic heterocycles. The standard InChI is InChI=1S/C36H38N2O2S/c1-21(2)14-26-16-24-15-25(19-37-35(24)41-26)23-12-13-38-32(17-23)29-18-31(36(4,5)6)27-10-8-9-11-28(27)33(29)30(20-40-7)34(38)22(3)39/h8-13,15-19,21,30,34H,3,14,20H2,1-2,4-7H3/p+1. The molecule has 0 saturated heterocycles. The summed E-state index contributed by atoms with van der Waals surface area (Å²) in [5.74, 6) is 0.670. The molecule has 0 spiro atoms. The Labute approximate surface area is 247 Å². The van der Waals surface area contributed by atoms with Crippen LogP contribution in [0.5, 0.6) is 0 Å². The first-order valence-electron chi connectivity index (χ1n) is 14.4. The van der Waals surface area contributed by atoms with E-state index in [-0.39, 0.29) is 23.1 Å². The van der Waals surface area contributed by atoms with E-state index in [4.69, 9.17) is 9.72 Å². The highest BCUT2D eigenvalue weighted by Gasteiger charge is 2.44. The fraction of sp³-hybridized carbons (Fsp3) is 0.333. The quantitative estimate of drug-likeness (QED) is 0.166. The van der Waals surface area contributed by atoms with Gasteiger partial charge in [0.15, 0.2) is 12.0 Å². The van der Waals surface area contributed by atoms with Crippen molar-refractivity contribution in [3.05, 3.63) is 95.3 Å². The number of aliphatic hydroxyl groups excluding tert-OH is 1. The van der Waals surface area contributed by atoms with Gasteiger partial charge in [0.25, 0.3) is 0 Å². The molecular formula is C36H39N2O2S+. The van der Waals surface area contributed by atoms with E-state index in [9.17, 15) is 5.11 Å². The molecule has 0 saturated carbocycles. The molecule has 41 heavy (non-hydrogen) atoms. The Kier molecular flexibility index (Phi) is 6.99. The third kappa shape index (κ3) is 4.85. The van der Waals surface area contributed by atoms with E-state index in [1.165, 1.54) is 37.7 Å². The summed E-state index contributed by atoms with van der Waals surface area (Å²) in [4.78, 5) is 7.31. The van der Waals surface area contributed by atoms with E-state index in [0.717, 1.165) is 28.1 Å². The van der Waals surface area contributed by atoms with Crippen LogP contribution in [0.1, 0.15) is 62.6 Å². The monoisotopic (exact) mass is 563 g/mol. The van der Waals surface area contributed by atoms with Gasteiger partial charge in [0.2, 0.25) is 11.7 Å². The van der Waals surface area contributed by atoms with Gasteiger partial charge in [0, 0.05) is 41.3 Å². The molecule has 0 radical (unpaired) electrons. The number of aliphatic hydroxyl groups is 1. The molecule has 4 heterocycles. The van der Waals surface area contributed by atoms with E-state index >= 15 is 0 Å². The molecule has 5 aromatic rings. The lowest BCUT2D eigenvalue weighted by Gasteiger charge is -2.33. The Hall–Kier alpha value is -3.54. The van der Waals surface area contributed by atoms with Gasteiger partial charge in [0.1, 0.15) is 4.83 Å². The van der Waals surface area contributed by atoms with Gasteiger partial charge in [-0.3, -0.25) is 0 Å². The summed E-state index contributed by atoms with van der Waals surface area (Å²) >= 11 is 1.79. The number of methoxy groups -OCH3 is 1. The van der Waals surface area contributed by atoms with Gasteiger partial charge in [0.05, 0.1) is 18.1 Å². The lowest BCUT2D eigenvalue weighted by Crippen LogP contribution is -2.49. The van der Waals surface area contributed by atoms with Crippen molar-refractivity contribution in [2.45, 2.75) is 58.4 Å². The first-order valence-corrected chi connectivity index (χ1v) is 15.3. The van der Waals surface area contributed by atoms with Crippen LogP contribution >= 0.6 is 11.3 Å². The van der Waals surface area contributed by atoms with Crippen LogP contribution in [-0.4, -0.2) is 23.8 Å². The Bertz CT molecular complexity index is 1790. The topological polar surface area (TPSA) is 46.2 Å². The second kappa shape index (κ2) is 10.4. The summed E-state index contributed by atoms with van der Waals surface area (Å²) < 4.78 is 7.94. The van der Waals surface area contributed by atoms with E-state index in [1.54, 1.807) is 18.4 Å². The van der Waals surface area contributed by atoms with Crippen LogP contribution in [0.3, 0.4) is 0 Å². The number of benzene rings is 2. The number of hydrogen-bond acceptors (Lipinski definition) is 4. The predicted molar refractivity (Wildman–Crippen MR) is 171 cm³/mol. The Balaban J connectivity index is 1.60. The summed E-state index contributed by atoms with van der Waals surface area (Å²) in [5, 5.41) is 14.6. The maximum absolute atomic E-state index is 11.0. The molecule has 1 N–H and O–H groups in total. The van der Waals surface area contributed by atoms with Crippen LogP contribution in [0.2, 0.25) is 0 Å². The van der Waals surface area contributed by atoms with E-state index in [2.05, 4.69) is 107 Å². The van der Waals surface area contributed by atoms with Gasteiger partial charge in [-0.15, -0.1) is 11.3 Å². The fourth-order valence-corrected chi connectivity index (χ4v) is 7.72.